The summed E-state index contributed by atoms with van der Waals surface area (Å²) in [6.07, 6.45) is 4.99. The topological polar surface area (TPSA) is 98.1 Å². The molecule has 0 aliphatic carbocycles. The molecule has 0 fully saturated rings. The minimum atomic E-state index is -0.156. The maximum atomic E-state index is 12.7. The number of benzene rings is 2. The summed E-state index contributed by atoms with van der Waals surface area (Å²) in [7, 11) is 0. The van der Waals surface area contributed by atoms with Crippen molar-refractivity contribution in [3.8, 4) is 23.2 Å². The quantitative estimate of drug-likeness (QED) is 0.430. The summed E-state index contributed by atoms with van der Waals surface area (Å²) >= 11 is 0. The fraction of sp³-hybridized carbons (Fsp3) is 0.125. The highest BCUT2D eigenvalue weighted by Crippen LogP contribution is 2.20. The zero-order chi connectivity index (χ0) is 22.1. The number of ether oxygens (including phenoxy) is 1. The van der Waals surface area contributed by atoms with Crippen molar-refractivity contribution in [2.75, 3.05) is 6.61 Å². The van der Waals surface area contributed by atoms with Crippen LogP contribution in [0, 0.1) is 11.3 Å². The molecule has 5 rings (SSSR count). The van der Waals surface area contributed by atoms with E-state index in [2.05, 4.69) is 21.0 Å². The number of aromatic nitrogens is 5. The lowest BCUT2D eigenvalue weighted by atomic mass is 10.1. The molecule has 0 aliphatic heterocycles. The first-order valence-corrected chi connectivity index (χ1v) is 10.1. The van der Waals surface area contributed by atoms with Gasteiger partial charge in [0.1, 0.15) is 0 Å². The molecule has 2 aromatic carbocycles. The molecule has 156 valence electrons. The van der Waals surface area contributed by atoms with Crippen molar-refractivity contribution in [1.29, 1.82) is 5.26 Å². The van der Waals surface area contributed by atoms with Crippen molar-refractivity contribution in [2.45, 2.75) is 13.5 Å². The van der Waals surface area contributed by atoms with Crippen LogP contribution in [0.1, 0.15) is 18.1 Å². The van der Waals surface area contributed by atoms with Crippen LogP contribution in [0.4, 0.5) is 0 Å². The lowest BCUT2D eigenvalue weighted by Crippen LogP contribution is -2.22. The Hall–Kier alpha value is -4.51. The Morgan fingerprint density at radius 3 is 2.72 bits per heavy atom. The fourth-order valence-electron chi connectivity index (χ4n) is 3.66. The maximum Gasteiger partial charge on any atom is 0.255 e. The van der Waals surface area contributed by atoms with Crippen molar-refractivity contribution in [3.05, 3.63) is 88.6 Å². The second-order valence-corrected chi connectivity index (χ2v) is 7.21. The Balaban J connectivity index is 1.54. The molecule has 0 saturated heterocycles. The SMILES string of the molecule is CCOc1cnc(-c2cccc(Cn3c(=O)ccn4c5cc(C#N)ccc5nc34)c2)nc1. The van der Waals surface area contributed by atoms with E-state index < -0.39 is 0 Å². The highest BCUT2D eigenvalue weighted by molar-refractivity contribution is 5.81. The first kappa shape index (κ1) is 19.5. The van der Waals surface area contributed by atoms with Crippen LogP contribution in [-0.4, -0.2) is 30.5 Å². The monoisotopic (exact) mass is 422 g/mol. The van der Waals surface area contributed by atoms with Gasteiger partial charge in [-0.15, -0.1) is 0 Å². The van der Waals surface area contributed by atoms with E-state index in [0.717, 1.165) is 22.2 Å². The molecule has 0 spiro atoms. The van der Waals surface area contributed by atoms with Crippen molar-refractivity contribution < 1.29 is 4.74 Å². The minimum absolute atomic E-state index is 0.156. The summed E-state index contributed by atoms with van der Waals surface area (Å²) in [5.74, 6) is 1.72. The highest BCUT2D eigenvalue weighted by atomic mass is 16.5. The van der Waals surface area contributed by atoms with Crippen molar-refractivity contribution in [2.24, 2.45) is 0 Å². The number of nitrogens with zero attached hydrogens (tertiary/aromatic N) is 6. The maximum absolute atomic E-state index is 12.7. The van der Waals surface area contributed by atoms with Crippen molar-refractivity contribution in [1.82, 2.24) is 23.9 Å². The Morgan fingerprint density at radius 2 is 1.94 bits per heavy atom. The van der Waals surface area contributed by atoms with Gasteiger partial charge in [-0.25, -0.2) is 15.0 Å². The molecular weight excluding hydrogens is 404 g/mol. The largest absolute Gasteiger partial charge is 0.491 e. The van der Waals surface area contributed by atoms with Gasteiger partial charge in [-0.05, 0) is 36.8 Å². The van der Waals surface area contributed by atoms with Crippen molar-refractivity contribution >= 4 is 16.8 Å². The predicted molar refractivity (Wildman–Crippen MR) is 119 cm³/mol. The molecule has 0 aliphatic rings. The first-order chi connectivity index (χ1) is 15.7. The third kappa shape index (κ3) is 3.46. The molecular formula is C24H18N6O2. The summed E-state index contributed by atoms with van der Waals surface area (Å²) in [5.41, 5.74) is 3.65. The van der Waals surface area contributed by atoms with E-state index in [-0.39, 0.29) is 5.56 Å². The Morgan fingerprint density at radius 1 is 1.09 bits per heavy atom. The van der Waals surface area contributed by atoms with E-state index in [1.165, 1.54) is 6.07 Å². The second-order valence-electron chi connectivity index (χ2n) is 7.21. The van der Waals surface area contributed by atoms with Crippen LogP contribution in [0.3, 0.4) is 0 Å². The van der Waals surface area contributed by atoms with Crippen molar-refractivity contribution in [3.63, 3.8) is 0 Å². The summed E-state index contributed by atoms with van der Waals surface area (Å²) in [6.45, 7) is 2.80. The van der Waals surface area contributed by atoms with Gasteiger partial charge in [0.05, 0.1) is 48.2 Å². The Bertz CT molecular complexity index is 1540. The third-order valence-corrected chi connectivity index (χ3v) is 5.14. The average molecular weight is 422 g/mol. The van der Waals surface area contributed by atoms with Gasteiger partial charge in [0, 0.05) is 17.8 Å². The van der Waals surface area contributed by atoms with Gasteiger partial charge in [-0.3, -0.25) is 13.8 Å². The summed E-state index contributed by atoms with van der Waals surface area (Å²) in [5, 5.41) is 9.21. The van der Waals surface area contributed by atoms with Gasteiger partial charge < -0.3 is 4.74 Å². The molecule has 3 aromatic heterocycles. The molecule has 0 unspecified atom stereocenters. The van der Waals surface area contributed by atoms with Gasteiger partial charge in [0.25, 0.3) is 5.56 Å². The lowest BCUT2D eigenvalue weighted by molar-refractivity contribution is 0.337. The van der Waals surface area contributed by atoms with Gasteiger partial charge in [-0.1, -0.05) is 18.2 Å². The Kier molecular flexibility index (Phi) is 4.84. The molecule has 5 aromatic rings. The molecule has 0 saturated carbocycles. The van der Waals surface area contributed by atoms with Crippen LogP contribution in [0.2, 0.25) is 0 Å². The third-order valence-electron chi connectivity index (χ3n) is 5.14. The summed E-state index contributed by atoms with van der Waals surface area (Å²) in [6, 6.07) is 16.7. The normalized spacial score (nSPS) is 11.0. The molecule has 0 amide bonds. The van der Waals surface area contributed by atoms with Gasteiger partial charge in [0.2, 0.25) is 5.78 Å². The second kappa shape index (κ2) is 7.96. The van der Waals surface area contributed by atoms with E-state index >= 15 is 0 Å². The predicted octanol–water partition coefficient (Wildman–Crippen LogP) is 3.42. The first-order valence-electron chi connectivity index (χ1n) is 10.1. The number of hydrogen-bond acceptors (Lipinski definition) is 6. The number of nitriles is 1. The van der Waals surface area contributed by atoms with Gasteiger partial charge in [-0.2, -0.15) is 5.26 Å². The van der Waals surface area contributed by atoms with E-state index in [1.807, 2.05) is 35.6 Å². The summed E-state index contributed by atoms with van der Waals surface area (Å²) < 4.78 is 8.85. The highest BCUT2D eigenvalue weighted by Gasteiger charge is 2.12. The van der Waals surface area contributed by atoms with Gasteiger partial charge in [0.15, 0.2) is 11.6 Å². The molecule has 0 atom stereocenters. The molecule has 0 N–H and O–H groups in total. The number of hydrogen-bond donors (Lipinski definition) is 0. The van der Waals surface area contributed by atoms with Crippen LogP contribution in [0.15, 0.2) is 71.9 Å². The van der Waals surface area contributed by atoms with Crippen LogP contribution >= 0.6 is 0 Å². The molecule has 3 heterocycles. The van der Waals surface area contributed by atoms with E-state index in [9.17, 15) is 10.1 Å². The smallest absolute Gasteiger partial charge is 0.255 e. The van der Waals surface area contributed by atoms with Crippen LogP contribution in [0.25, 0.3) is 28.2 Å². The minimum Gasteiger partial charge on any atom is -0.491 e. The molecule has 0 radical (unpaired) electrons. The number of rotatable bonds is 5. The van der Waals surface area contributed by atoms with E-state index in [0.29, 0.717) is 36.1 Å². The van der Waals surface area contributed by atoms with Crippen LogP contribution in [-0.2, 0) is 6.54 Å². The van der Waals surface area contributed by atoms with Gasteiger partial charge >= 0.3 is 0 Å². The zero-order valence-corrected chi connectivity index (χ0v) is 17.3. The molecule has 32 heavy (non-hydrogen) atoms. The lowest BCUT2D eigenvalue weighted by Gasteiger charge is -2.09. The standard InChI is InChI=1S/C24H18N6O2/c1-2-32-19-13-26-23(27-14-19)18-5-3-4-17(10-18)15-30-22(31)8-9-29-21-11-16(12-25)6-7-20(21)28-24(29)30/h3-11,13-14H,2,15H2,1H3. The molecule has 8 heteroatoms. The Labute approximate surface area is 183 Å². The number of fused-ring (bicyclic) bond motifs is 3. The van der Waals surface area contributed by atoms with E-state index in [4.69, 9.17) is 4.74 Å². The molecule has 0 bridgehead atoms. The average Bonchev–Trinajstić information content (AvgIpc) is 3.20. The fourth-order valence-corrected chi connectivity index (χ4v) is 3.66. The van der Waals surface area contributed by atoms with E-state index in [1.54, 1.807) is 41.4 Å². The van der Waals surface area contributed by atoms with Crippen LogP contribution in [0.5, 0.6) is 5.75 Å². The molecule has 8 nitrogen and oxygen atoms in total. The summed E-state index contributed by atoms with van der Waals surface area (Å²) in [4.78, 5) is 26.1. The number of imidazole rings is 1. The zero-order valence-electron chi connectivity index (χ0n) is 17.3. The van der Waals surface area contributed by atoms with Crippen LogP contribution < -0.4 is 10.3 Å².